The van der Waals surface area contributed by atoms with E-state index in [2.05, 4.69) is 26.1 Å². The van der Waals surface area contributed by atoms with Crippen LogP contribution < -0.4 is 5.32 Å². The molecule has 2 aliphatic rings. The average Bonchev–Trinajstić information content (AvgIpc) is 3.12. The number of ether oxygens (including phenoxy) is 1. The lowest BCUT2D eigenvalue weighted by atomic mass is 9.85. The molecule has 3 rings (SSSR count). The summed E-state index contributed by atoms with van der Waals surface area (Å²) >= 11 is 6.48. The van der Waals surface area contributed by atoms with Gasteiger partial charge < -0.3 is 20.1 Å². The van der Waals surface area contributed by atoms with Gasteiger partial charge in [0.05, 0.1) is 12.1 Å². The van der Waals surface area contributed by atoms with Gasteiger partial charge in [0.15, 0.2) is 5.78 Å². The average molecular weight is 437 g/mol. The fraction of sp³-hybridized carbons (Fsp3) is 0.652. The van der Waals surface area contributed by atoms with Crippen molar-refractivity contribution in [3.05, 3.63) is 34.3 Å². The first-order valence-corrected chi connectivity index (χ1v) is 11.2. The van der Waals surface area contributed by atoms with Gasteiger partial charge in [-0.05, 0) is 47.8 Å². The molecular formula is C23H33ClN2O4. The zero-order valence-electron chi connectivity index (χ0n) is 18.1. The molecule has 0 aliphatic carbocycles. The summed E-state index contributed by atoms with van der Waals surface area (Å²) in [6.45, 7) is 8.31. The topological polar surface area (TPSA) is 78.9 Å². The van der Waals surface area contributed by atoms with Crippen molar-refractivity contribution in [2.45, 2.75) is 64.0 Å². The third kappa shape index (κ3) is 5.74. The van der Waals surface area contributed by atoms with Crippen molar-refractivity contribution in [3.8, 4) is 0 Å². The largest absolute Gasteiger partial charge is 0.391 e. The summed E-state index contributed by atoms with van der Waals surface area (Å²) < 4.78 is 5.44. The SMILES string of the molecule is CC(C)(C)c1ccc(CC(=O)[C@H](NC(=O)N2CC[C@H](O)C2)C2CCOCC2)cc1Cl. The van der Waals surface area contributed by atoms with Crippen molar-refractivity contribution in [1.29, 1.82) is 0 Å². The van der Waals surface area contributed by atoms with Crippen LogP contribution >= 0.6 is 11.6 Å². The van der Waals surface area contributed by atoms with Crippen molar-refractivity contribution in [1.82, 2.24) is 10.2 Å². The van der Waals surface area contributed by atoms with Gasteiger partial charge in [0.1, 0.15) is 0 Å². The second-order valence-electron chi connectivity index (χ2n) is 9.47. The minimum atomic E-state index is -0.569. The summed E-state index contributed by atoms with van der Waals surface area (Å²) in [7, 11) is 0. The van der Waals surface area contributed by atoms with Crippen molar-refractivity contribution in [3.63, 3.8) is 0 Å². The molecule has 7 heteroatoms. The van der Waals surface area contributed by atoms with Crippen molar-refractivity contribution >= 4 is 23.4 Å². The van der Waals surface area contributed by atoms with Crippen LogP contribution in [0.5, 0.6) is 0 Å². The van der Waals surface area contributed by atoms with E-state index in [9.17, 15) is 14.7 Å². The molecule has 0 spiro atoms. The highest BCUT2D eigenvalue weighted by Gasteiger charge is 2.34. The monoisotopic (exact) mass is 436 g/mol. The maximum absolute atomic E-state index is 13.3. The molecule has 2 saturated heterocycles. The first-order valence-electron chi connectivity index (χ1n) is 10.8. The van der Waals surface area contributed by atoms with E-state index in [1.807, 2.05) is 18.2 Å². The van der Waals surface area contributed by atoms with Crippen LogP contribution in [-0.2, 0) is 21.4 Å². The summed E-state index contributed by atoms with van der Waals surface area (Å²) in [5.74, 6) is 0.0293. The molecule has 166 valence electrons. The lowest BCUT2D eigenvalue weighted by Crippen LogP contribution is -2.52. The summed E-state index contributed by atoms with van der Waals surface area (Å²) in [6, 6.07) is 4.94. The van der Waals surface area contributed by atoms with Gasteiger partial charge in [0.25, 0.3) is 0 Å². The van der Waals surface area contributed by atoms with E-state index in [4.69, 9.17) is 16.3 Å². The molecule has 0 bridgehead atoms. The van der Waals surface area contributed by atoms with Crippen LogP contribution in [0.2, 0.25) is 5.02 Å². The number of hydrogen-bond acceptors (Lipinski definition) is 4. The number of hydrogen-bond donors (Lipinski definition) is 2. The van der Waals surface area contributed by atoms with E-state index in [1.54, 1.807) is 4.90 Å². The number of nitrogens with one attached hydrogen (secondary N) is 1. The number of carbonyl (C=O) groups is 2. The third-order valence-electron chi connectivity index (χ3n) is 6.03. The molecule has 2 heterocycles. The quantitative estimate of drug-likeness (QED) is 0.742. The molecule has 2 amide bonds. The summed E-state index contributed by atoms with van der Waals surface area (Å²) in [4.78, 5) is 27.5. The number of aliphatic hydroxyl groups excluding tert-OH is 1. The van der Waals surface area contributed by atoms with Crippen molar-refractivity contribution in [2.24, 2.45) is 5.92 Å². The molecule has 2 aliphatic heterocycles. The Morgan fingerprint density at radius 1 is 1.27 bits per heavy atom. The number of nitrogens with zero attached hydrogens (tertiary/aromatic N) is 1. The van der Waals surface area contributed by atoms with Crippen LogP contribution in [0.4, 0.5) is 4.79 Å². The molecule has 30 heavy (non-hydrogen) atoms. The number of urea groups is 1. The number of Topliss-reactive ketones (excluding diaryl/α,β-unsaturated/α-hetero) is 1. The van der Waals surface area contributed by atoms with Gasteiger partial charge >= 0.3 is 6.03 Å². The lowest BCUT2D eigenvalue weighted by molar-refractivity contribution is -0.122. The third-order valence-corrected chi connectivity index (χ3v) is 6.35. The van der Waals surface area contributed by atoms with E-state index in [0.29, 0.717) is 37.7 Å². The number of benzene rings is 1. The predicted octanol–water partition coefficient (Wildman–Crippen LogP) is 3.32. The second-order valence-corrected chi connectivity index (χ2v) is 9.88. The van der Waals surface area contributed by atoms with Crippen LogP contribution in [0.25, 0.3) is 0 Å². The Balaban J connectivity index is 1.73. The molecule has 1 aromatic carbocycles. The van der Waals surface area contributed by atoms with Gasteiger partial charge in [0.2, 0.25) is 0 Å². The van der Waals surface area contributed by atoms with Crippen LogP contribution in [-0.4, -0.2) is 60.3 Å². The first kappa shape index (κ1) is 23.0. The van der Waals surface area contributed by atoms with E-state index >= 15 is 0 Å². The Bertz CT molecular complexity index is 771. The van der Waals surface area contributed by atoms with Crippen molar-refractivity contribution < 1.29 is 19.4 Å². The minimum Gasteiger partial charge on any atom is -0.391 e. The fourth-order valence-corrected chi connectivity index (χ4v) is 4.74. The van der Waals surface area contributed by atoms with Crippen LogP contribution in [0.15, 0.2) is 18.2 Å². The Kier molecular flexibility index (Phi) is 7.43. The molecule has 6 nitrogen and oxygen atoms in total. The molecule has 0 aromatic heterocycles. The second kappa shape index (κ2) is 9.67. The minimum absolute atomic E-state index is 0.0189. The molecule has 2 atom stereocenters. The van der Waals surface area contributed by atoms with Crippen LogP contribution in [0.3, 0.4) is 0 Å². The van der Waals surface area contributed by atoms with Gasteiger partial charge in [-0.3, -0.25) is 4.79 Å². The fourth-order valence-electron chi connectivity index (χ4n) is 4.25. The first-order chi connectivity index (χ1) is 14.1. The number of amides is 2. The molecule has 2 fully saturated rings. The highest BCUT2D eigenvalue weighted by Crippen LogP contribution is 2.30. The smallest absolute Gasteiger partial charge is 0.318 e. The number of ketones is 1. The number of halogens is 1. The Morgan fingerprint density at radius 2 is 1.97 bits per heavy atom. The number of likely N-dealkylation sites (tertiary alicyclic amines) is 1. The predicted molar refractivity (Wildman–Crippen MR) is 117 cm³/mol. The van der Waals surface area contributed by atoms with Gasteiger partial charge in [-0.1, -0.05) is 44.5 Å². The number of aliphatic hydroxyl groups is 1. The van der Waals surface area contributed by atoms with E-state index < -0.39 is 12.1 Å². The van der Waals surface area contributed by atoms with E-state index in [0.717, 1.165) is 24.0 Å². The van der Waals surface area contributed by atoms with Gasteiger partial charge in [-0.2, -0.15) is 0 Å². The standard InChI is InChI=1S/C23H33ClN2O4/c1-23(2,3)18-5-4-15(12-19(18)24)13-20(28)21(16-7-10-30-11-8-16)25-22(29)26-9-6-17(27)14-26/h4-5,12,16-17,21,27H,6-11,13-14H2,1-3H3,(H,25,29)/t17-,21+/m0/s1. The van der Waals surface area contributed by atoms with E-state index in [1.165, 1.54) is 0 Å². The number of β-amino-alcohol motifs (C(OH)–C–C–N with tert-alkyl or cyclic N) is 1. The Morgan fingerprint density at radius 3 is 2.53 bits per heavy atom. The zero-order chi connectivity index (χ0) is 21.9. The molecule has 2 N–H and O–H groups in total. The number of rotatable bonds is 5. The van der Waals surface area contributed by atoms with Gasteiger partial charge in [-0.25, -0.2) is 4.79 Å². The van der Waals surface area contributed by atoms with Gasteiger partial charge in [0, 0.05) is 37.7 Å². The maximum Gasteiger partial charge on any atom is 0.318 e. The molecule has 0 unspecified atom stereocenters. The van der Waals surface area contributed by atoms with Gasteiger partial charge in [-0.15, -0.1) is 0 Å². The number of carbonyl (C=O) groups excluding carboxylic acids is 2. The molecular weight excluding hydrogens is 404 g/mol. The molecule has 0 radical (unpaired) electrons. The zero-order valence-corrected chi connectivity index (χ0v) is 18.9. The summed E-state index contributed by atoms with van der Waals surface area (Å²) in [6.07, 6.45) is 1.78. The normalized spacial score (nSPS) is 21.5. The molecule has 0 saturated carbocycles. The summed E-state index contributed by atoms with van der Waals surface area (Å²) in [5.41, 5.74) is 1.82. The highest BCUT2D eigenvalue weighted by atomic mass is 35.5. The lowest BCUT2D eigenvalue weighted by Gasteiger charge is -2.31. The van der Waals surface area contributed by atoms with Crippen LogP contribution in [0, 0.1) is 5.92 Å². The maximum atomic E-state index is 13.3. The van der Waals surface area contributed by atoms with E-state index in [-0.39, 0.29) is 29.6 Å². The highest BCUT2D eigenvalue weighted by molar-refractivity contribution is 6.31. The Labute approximate surface area is 183 Å². The van der Waals surface area contributed by atoms with Crippen molar-refractivity contribution in [2.75, 3.05) is 26.3 Å². The summed E-state index contributed by atoms with van der Waals surface area (Å²) in [5, 5.41) is 13.3. The molecule has 1 aromatic rings. The van der Waals surface area contributed by atoms with Crippen LogP contribution in [0.1, 0.15) is 51.2 Å². The Hall–Kier alpha value is -1.63.